The third-order valence-corrected chi connectivity index (χ3v) is 4.56. The molecule has 0 aliphatic carbocycles. The van der Waals surface area contributed by atoms with Crippen LogP contribution < -0.4 is 10.5 Å². The molecule has 0 saturated carbocycles. The molecule has 2 heterocycles. The van der Waals surface area contributed by atoms with E-state index in [0.29, 0.717) is 6.54 Å². The number of hydrogen-bond donors (Lipinski definition) is 0. The van der Waals surface area contributed by atoms with Gasteiger partial charge in [-0.25, -0.2) is 9.97 Å². The molecule has 0 aliphatic rings. The van der Waals surface area contributed by atoms with Gasteiger partial charge in [-0.1, -0.05) is 30.3 Å². The van der Waals surface area contributed by atoms with Crippen molar-refractivity contribution >= 4 is 16.9 Å². The van der Waals surface area contributed by atoms with Gasteiger partial charge in [0.15, 0.2) is 0 Å². The lowest BCUT2D eigenvalue weighted by atomic mass is 10.0. The molecule has 0 bridgehead atoms. The maximum atomic E-state index is 12.4. The average molecular weight is 356 g/mol. The average Bonchev–Trinajstić information content (AvgIpc) is 2.70. The molecule has 0 unspecified atom stereocenters. The van der Waals surface area contributed by atoms with Gasteiger partial charge in [-0.2, -0.15) is 0 Å². The minimum atomic E-state index is -0.101. The number of pyridine rings is 1. The number of aromatic nitrogens is 3. The van der Waals surface area contributed by atoms with Crippen LogP contribution in [0.25, 0.3) is 22.2 Å². The van der Waals surface area contributed by atoms with E-state index >= 15 is 0 Å². The largest absolute Gasteiger partial charge is 0.363 e. The van der Waals surface area contributed by atoms with Crippen molar-refractivity contribution in [3.05, 3.63) is 89.0 Å². The summed E-state index contributed by atoms with van der Waals surface area (Å²) in [5.41, 5.74) is 4.74. The fourth-order valence-electron chi connectivity index (χ4n) is 3.13. The second-order valence-corrected chi connectivity index (χ2v) is 6.67. The van der Waals surface area contributed by atoms with Crippen molar-refractivity contribution in [3.63, 3.8) is 0 Å². The van der Waals surface area contributed by atoms with Gasteiger partial charge in [0.05, 0.1) is 23.8 Å². The van der Waals surface area contributed by atoms with Gasteiger partial charge < -0.3 is 9.47 Å². The zero-order valence-corrected chi connectivity index (χ0v) is 15.3. The predicted molar refractivity (Wildman–Crippen MR) is 109 cm³/mol. The summed E-state index contributed by atoms with van der Waals surface area (Å²) in [6.45, 7) is 0.499. The summed E-state index contributed by atoms with van der Waals surface area (Å²) in [6, 6.07) is 20.0. The monoisotopic (exact) mass is 356 g/mol. The lowest BCUT2D eigenvalue weighted by Crippen LogP contribution is -2.21. The van der Waals surface area contributed by atoms with E-state index in [9.17, 15) is 4.79 Å². The van der Waals surface area contributed by atoms with E-state index < -0.39 is 0 Å². The number of benzene rings is 2. The summed E-state index contributed by atoms with van der Waals surface area (Å²) >= 11 is 0. The molecule has 0 N–H and O–H groups in total. The van der Waals surface area contributed by atoms with Gasteiger partial charge in [0, 0.05) is 25.9 Å². The molecule has 27 heavy (non-hydrogen) atoms. The van der Waals surface area contributed by atoms with E-state index in [-0.39, 0.29) is 5.56 Å². The van der Waals surface area contributed by atoms with Crippen molar-refractivity contribution in [2.45, 2.75) is 6.54 Å². The maximum Gasteiger partial charge on any atom is 0.269 e. The molecule has 0 saturated heterocycles. The Balaban J connectivity index is 1.70. The molecule has 134 valence electrons. The first-order chi connectivity index (χ1) is 13.1. The molecule has 0 aliphatic heterocycles. The minimum Gasteiger partial charge on any atom is -0.363 e. The second-order valence-electron chi connectivity index (χ2n) is 6.67. The third-order valence-electron chi connectivity index (χ3n) is 4.56. The van der Waals surface area contributed by atoms with Crippen molar-refractivity contribution in [1.29, 1.82) is 0 Å². The van der Waals surface area contributed by atoms with Crippen molar-refractivity contribution in [2.24, 2.45) is 0 Å². The molecule has 0 radical (unpaired) electrons. The molecule has 2 aromatic carbocycles. The summed E-state index contributed by atoms with van der Waals surface area (Å²) in [5, 5.41) is 0. The Bertz CT molecular complexity index is 1150. The van der Waals surface area contributed by atoms with E-state index in [1.807, 2.05) is 67.7 Å². The van der Waals surface area contributed by atoms with Crippen LogP contribution >= 0.6 is 0 Å². The van der Waals surface area contributed by atoms with Gasteiger partial charge in [-0.05, 0) is 41.5 Å². The van der Waals surface area contributed by atoms with Crippen LogP contribution in [0.15, 0.2) is 77.9 Å². The first-order valence-corrected chi connectivity index (χ1v) is 8.79. The van der Waals surface area contributed by atoms with Gasteiger partial charge in [0.1, 0.15) is 5.82 Å². The first-order valence-electron chi connectivity index (χ1n) is 8.79. The Morgan fingerprint density at radius 2 is 1.74 bits per heavy atom. The minimum absolute atomic E-state index is 0.101. The van der Waals surface area contributed by atoms with Crippen LogP contribution in [0.5, 0.6) is 0 Å². The van der Waals surface area contributed by atoms with Gasteiger partial charge in [-0.15, -0.1) is 0 Å². The molecule has 0 amide bonds. The van der Waals surface area contributed by atoms with Crippen LogP contribution in [0.4, 0.5) is 5.82 Å². The van der Waals surface area contributed by atoms with Crippen LogP contribution in [0, 0.1) is 0 Å². The van der Waals surface area contributed by atoms with E-state index in [0.717, 1.165) is 33.5 Å². The summed E-state index contributed by atoms with van der Waals surface area (Å²) in [7, 11) is 3.94. The van der Waals surface area contributed by atoms with Crippen molar-refractivity contribution in [1.82, 2.24) is 14.5 Å². The molecule has 5 nitrogen and oxygen atoms in total. The molecule has 5 heteroatoms. The number of anilines is 1. The van der Waals surface area contributed by atoms with Gasteiger partial charge in [-0.3, -0.25) is 4.79 Å². The highest BCUT2D eigenvalue weighted by atomic mass is 16.1. The lowest BCUT2D eigenvalue weighted by molar-refractivity contribution is 0.787. The van der Waals surface area contributed by atoms with E-state index in [1.54, 1.807) is 4.57 Å². The lowest BCUT2D eigenvalue weighted by Gasteiger charge is -2.12. The van der Waals surface area contributed by atoms with E-state index in [1.165, 1.54) is 6.20 Å². The molecule has 2 aromatic heterocycles. The highest BCUT2D eigenvalue weighted by Crippen LogP contribution is 2.22. The van der Waals surface area contributed by atoms with Crippen LogP contribution in [0.3, 0.4) is 0 Å². The van der Waals surface area contributed by atoms with Crippen LogP contribution in [-0.2, 0) is 6.54 Å². The Labute approximate surface area is 157 Å². The summed E-state index contributed by atoms with van der Waals surface area (Å²) in [4.78, 5) is 23.1. The number of rotatable bonds is 4. The first kappa shape index (κ1) is 17.0. The van der Waals surface area contributed by atoms with E-state index in [2.05, 4.69) is 28.2 Å². The summed E-state index contributed by atoms with van der Waals surface area (Å²) in [6.07, 6.45) is 3.26. The molecule has 0 atom stereocenters. The van der Waals surface area contributed by atoms with Crippen LogP contribution in [0.2, 0.25) is 0 Å². The molecular weight excluding hydrogens is 336 g/mol. The predicted octanol–water partition coefficient (Wildman–Crippen LogP) is 3.57. The van der Waals surface area contributed by atoms with E-state index in [4.69, 9.17) is 0 Å². The SMILES string of the molecule is CN(C)c1ccc(-c2cccc(Cn3c(=O)cnc4ccccc43)c2)cn1. The standard InChI is InChI=1S/C22H20N4O/c1-25(2)21-11-10-18(13-24-21)17-7-5-6-16(12-17)15-26-20-9-4-3-8-19(20)23-14-22(26)27/h3-14H,15H2,1-2H3. The fourth-order valence-corrected chi connectivity index (χ4v) is 3.13. The molecular formula is C22H20N4O. The van der Waals surface area contributed by atoms with Gasteiger partial charge in [0.25, 0.3) is 5.56 Å². The molecule has 4 rings (SSSR count). The Morgan fingerprint density at radius 1 is 0.889 bits per heavy atom. The number of para-hydroxylation sites is 2. The van der Waals surface area contributed by atoms with Crippen LogP contribution in [-0.4, -0.2) is 28.6 Å². The van der Waals surface area contributed by atoms with Crippen LogP contribution in [0.1, 0.15) is 5.56 Å². The van der Waals surface area contributed by atoms with Crippen molar-refractivity contribution < 1.29 is 0 Å². The fraction of sp³-hybridized carbons (Fsp3) is 0.136. The maximum absolute atomic E-state index is 12.4. The normalized spacial score (nSPS) is 10.9. The smallest absolute Gasteiger partial charge is 0.269 e. The summed E-state index contributed by atoms with van der Waals surface area (Å²) in [5.74, 6) is 0.921. The Hall–Kier alpha value is -3.47. The highest BCUT2D eigenvalue weighted by molar-refractivity contribution is 5.74. The number of nitrogens with zero attached hydrogens (tertiary/aromatic N) is 4. The number of hydrogen-bond acceptors (Lipinski definition) is 4. The highest BCUT2D eigenvalue weighted by Gasteiger charge is 2.06. The third kappa shape index (κ3) is 3.44. The van der Waals surface area contributed by atoms with Gasteiger partial charge >= 0.3 is 0 Å². The second kappa shape index (κ2) is 7.03. The zero-order valence-electron chi connectivity index (χ0n) is 15.3. The Morgan fingerprint density at radius 3 is 2.52 bits per heavy atom. The summed E-state index contributed by atoms with van der Waals surface area (Å²) < 4.78 is 1.76. The molecule has 0 spiro atoms. The number of fused-ring (bicyclic) bond motifs is 1. The zero-order chi connectivity index (χ0) is 18.8. The quantitative estimate of drug-likeness (QED) is 0.561. The van der Waals surface area contributed by atoms with Crippen molar-refractivity contribution in [2.75, 3.05) is 19.0 Å². The molecule has 0 fully saturated rings. The topological polar surface area (TPSA) is 51.0 Å². The Kier molecular flexibility index (Phi) is 4.42. The van der Waals surface area contributed by atoms with Gasteiger partial charge in [0.2, 0.25) is 0 Å². The molecule has 4 aromatic rings. The van der Waals surface area contributed by atoms with Crippen molar-refractivity contribution in [3.8, 4) is 11.1 Å².